The summed E-state index contributed by atoms with van der Waals surface area (Å²) in [7, 11) is 3.65. The zero-order valence-electron chi connectivity index (χ0n) is 9.70. The van der Waals surface area contributed by atoms with E-state index in [9.17, 15) is 4.79 Å². The van der Waals surface area contributed by atoms with Crippen LogP contribution in [0.3, 0.4) is 0 Å². The first kappa shape index (κ1) is 10.9. The van der Waals surface area contributed by atoms with Gasteiger partial charge in [-0.05, 0) is 24.9 Å². The highest BCUT2D eigenvalue weighted by Crippen LogP contribution is 2.26. The SMILES string of the molecule is CN(C)C(=O)CCN1C[C@H]2CNC[C@H]2C1. The second kappa shape index (κ2) is 4.49. The van der Waals surface area contributed by atoms with Gasteiger partial charge in [0.2, 0.25) is 5.91 Å². The van der Waals surface area contributed by atoms with Crippen LogP contribution in [0.5, 0.6) is 0 Å². The Balaban J connectivity index is 1.71. The summed E-state index contributed by atoms with van der Waals surface area (Å²) < 4.78 is 0. The molecular weight excluding hydrogens is 190 g/mol. The van der Waals surface area contributed by atoms with Crippen LogP contribution in [0.4, 0.5) is 0 Å². The number of rotatable bonds is 3. The second-order valence-electron chi connectivity index (χ2n) is 4.98. The van der Waals surface area contributed by atoms with E-state index in [1.165, 1.54) is 26.2 Å². The van der Waals surface area contributed by atoms with Gasteiger partial charge >= 0.3 is 0 Å². The van der Waals surface area contributed by atoms with E-state index in [0.29, 0.717) is 6.42 Å². The van der Waals surface area contributed by atoms with Gasteiger partial charge in [0.1, 0.15) is 0 Å². The molecule has 4 heteroatoms. The lowest BCUT2D eigenvalue weighted by atomic mass is 10.0. The van der Waals surface area contributed by atoms with Gasteiger partial charge in [-0.25, -0.2) is 0 Å². The first-order valence-corrected chi connectivity index (χ1v) is 5.80. The molecule has 2 aliphatic rings. The van der Waals surface area contributed by atoms with Crippen LogP contribution in [0.25, 0.3) is 0 Å². The Labute approximate surface area is 91.6 Å². The van der Waals surface area contributed by atoms with E-state index in [2.05, 4.69) is 10.2 Å². The van der Waals surface area contributed by atoms with Crippen molar-refractivity contribution in [1.29, 1.82) is 0 Å². The van der Waals surface area contributed by atoms with E-state index in [1.807, 2.05) is 14.1 Å². The quantitative estimate of drug-likeness (QED) is 0.691. The zero-order valence-corrected chi connectivity index (χ0v) is 9.70. The molecule has 1 amide bonds. The Kier molecular flexibility index (Phi) is 3.26. The number of amides is 1. The molecule has 0 aliphatic carbocycles. The van der Waals surface area contributed by atoms with Crippen molar-refractivity contribution < 1.29 is 4.79 Å². The average molecular weight is 211 g/mol. The topological polar surface area (TPSA) is 35.6 Å². The highest BCUT2D eigenvalue weighted by atomic mass is 16.2. The Morgan fingerprint density at radius 2 is 1.93 bits per heavy atom. The van der Waals surface area contributed by atoms with Gasteiger partial charge in [-0.1, -0.05) is 0 Å². The predicted octanol–water partition coefficient (Wildman–Crippen LogP) is -0.384. The van der Waals surface area contributed by atoms with E-state index in [-0.39, 0.29) is 5.91 Å². The summed E-state index contributed by atoms with van der Waals surface area (Å²) in [6.07, 6.45) is 0.667. The highest BCUT2D eigenvalue weighted by Gasteiger charge is 2.35. The molecule has 0 spiro atoms. The number of carbonyl (C=O) groups is 1. The molecule has 0 unspecified atom stereocenters. The molecule has 2 saturated heterocycles. The maximum atomic E-state index is 11.4. The molecule has 2 fully saturated rings. The van der Waals surface area contributed by atoms with Gasteiger partial charge in [0.15, 0.2) is 0 Å². The minimum Gasteiger partial charge on any atom is -0.349 e. The lowest BCUT2D eigenvalue weighted by Gasteiger charge is -2.18. The summed E-state index contributed by atoms with van der Waals surface area (Å²) >= 11 is 0. The fraction of sp³-hybridized carbons (Fsp3) is 0.909. The number of carbonyl (C=O) groups excluding carboxylic acids is 1. The number of likely N-dealkylation sites (tertiary alicyclic amines) is 1. The van der Waals surface area contributed by atoms with Crippen LogP contribution in [0.15, 0.2) is 0 Å². The third-order valence-electron chi connectivity index (χ3n) is 3.61. The number of nitrogens with zero attached hydrogens (tertiary/aromatic N) is 2. The van der Waals surface area contributed by atoms with E-state index in [0.717, 1.165) is 18.4 Å². The molecule has 2 heterocycles. The summed E-state index contributed by atoms with van der Waals surface area (Å²) in [5.74, 6) is 1.91. The molecular formula is C11H21N3O. The molecule has 0 bridgehead atoms. The molecule has 2 atom stereocenters. The summed E-state index contributed by atoms with van der Waals surface area (Å²) in [5.41, 5.74) is 0. The Morgan fingerprint density at radius 3 is 2.47 bits per heavy atom. The van der Waals surface area contributed by atoms with Crippen LogP contribution in [0.1, 0.15) is 6.42 Å². The van der Waals surface area contributed by atoms with Crippen molar-refractivity contribution >= 4 is 5.91 Å². The molecule has 2 aliphatic heterocycles. The normalized spacial score (nSPS) is 30.5. The van der Waals surface area contributed by atoms with Crippen LogP contribution in [0, 0.1) is 11.8 Å². The number of hydrogen-bond donors (Lipinski definition) is 1. The summed E-state index contributed by atoms with van der Waals surface area (Å²) in [4.78, 5) is 15.6. The van der Waals surface area contributed by atoms with E-state index < -0.39 is 0 Å². The summed E-state index contributed by atoms with van der Waals surface area (Å²) in [6, 6.07) is 0. The van der Waals surface area contributed by atoms with Crippen molar-refractivity contribution in [3.63, 3.8) is 0 Å². The van der Waals surface area contributed by atoms with Crippen LogP contribution >= 0.6 is 0 Å². The average Bonchev–Trinajstić information content (AvgIpc) is 2.72. The van der Waals surface area contributed by atoms with Gasteiger partial charge in [-0.15, -0.1) is 0 Å². The van der Waals surface area contributed by atoms with Crippen LogP contribution in [-0.2, 0) is 4.79 Å². The van der Waals surface area contributed by atoms with E-state index >= 15 is 0 Å². The predicted molar refractivity (Wildman–Crippen MR) is 59.6 cm³/mol. The van der Waals surface area contributed by atoms with Crippen molar-refractivity contribution in [3.05, 3.63) is 0 Å². The Hall–Kier alpha value is -0.610. The first-order valence-electron chi connectivity index (χ1n) is 5.80. The maximum Gasteiger partial charge on any atom is 0.223 e. The van der Waals surface area contributed by atoms with Crippen molar-refractivity contribution in [2.75, 3.05) is 46.8 Å². The largest absolute Gasteiger partial charge is 0.349 e. The molecule has 0 aromatic rings. The molecule has 0 aromatic carbocycles. The van der Waals surface area contributed by atoms with Gasteiger partial charge < -0.3 is 15.1 Å². The van der Waals surface area contributed by atoms with Gasteiger partial charge in [0.05, 0.1) is 0 Å². The van der Waals surface area contributed by atoms with Crippen molar-refractivity contribution in [2.24, 2.45) is 11.8 Å². The Morgan fingerprint density at radius 1 is 1.33 bits per heavy atom. The van der Waals surface area contributed by atoms with Crippen molar-refractivity contribution in [1.82, 2.24) is 15.1 Å². The second-order valence-corrected chi connectivity index (χ2v) is 4.98. The van der Waals surface area contributed by atoms with Gasteiger partial charge in [-0.2, -0.15) is 0 Å². The monoisotopic (exact) mass is 211 g/mol. The molecule has 4 nitrogen and oxygen atoms in total. The third-order valence-corrected chi connectivity index (χ3v) is 3.61. The number of hydrogen-bond acceptors (Lipinski definition) is 3. The molecule has 1 N–H and O–H groups in total. The summed E-state index contributed by atoms with van der Waals surface area (Å²) in [5, 5.41) is 3.43. The van der Waals surface area contributed by atoms with Gasteiger partial charge in [-0.3, -0.25) is 4.79 Å². The highest BCUT2D eigenvalue weighted by molar-refractivity contribution is 5.75. The van der Waals surface area contributed by atoms with Crippen molar-refractivity contribution in [2.45, 2.75) is 6.42 Å². The number of fused-ring (bicyclic) bond motifs is 1. The summed E-state index contributed by atoms with van der Waals surface area (Å²) in [6.45, 7) is 5.63. The molecule has 0 aromatic heterocycles. The van der Waals surface area contributed by atoms with E-state index in [4.69, 9.17) is 0 Å². The molecule has 0 radical (unpaired) electrons. The van der Waals surface area contributed by atoms with Crippen LogP contribution in [-0.4, -0.2) is 62.5 Å². The fourth-order valence-electron chi connectivity index (χ4n) is 2.61. The molecule has 15 heavy (non-hydrogen) atoms. The lowest BCUT2D eigenvalue weighted by Crippen LogP contribution is -2.31. The standard InChI is InChI=1S/C11H21N3O/c1-13(2)11(15)3-4-14-7-9-5-12-6-10(9)8-14/h9-10,12H,3-8H2,1-2H3/t9-,10+. The zero-order chi connectivity index (χ0) is 10.8. The third kappa shape index (κ3) is 2.49. The maximum absolute atomic E-state index is 11.4. The first-order chi connectivity index (χ1) is 7.16. The van der Waals surface area contributed by atoms with E-state index in [1.54, 1.807) is 4.90 Å². The molecule has 0 saturated carbocycles. The van der Waals surface area contributed by atoms with Gasteiger partial charge in [0, 0.05) is 40.2 Å². The minimum atomic E-state index is 0.241. The van der Waals surface area contributed by atoms with Crippen molar-refractivity contribution in [3.8, 4) is 0 Å². The lowest BCUT2D eigenvalue weighted by molar-refractivity contribution is -0.129. The van der Waals surface area contributed by atoms with Gasteiger partial charge in [0.25, 0.3) is 0 Å². The fourth-order valence-corrected chi connectivity index (χ4v) is 2.61. The smallest absolute Gasteiger partial charge is 0.223 e. The number of nitrogens with one attached hydrogen (secondary N) is 1. The Bertz CT molecular complexity index is 230. The molecule has 2 rings (SSSR count). The van der Waals surface area contributed by atoms with Crippen LogP contribution < -0.4 is 5.32 Å². The minimum absolute atomic E-state index is 0.241. The molecule has 86 valence electrons. The van der Waals surface area contributed by atoms with Crippen LogP contribution in [0.2, 0.25) is 0 Å².